The van der Waals surface area contributed by atoms with Crippen molar-refractivity contribution >= 4 is 39.2 Å². The third kappa shape index (κ3) is 3.92. The molecule has 23 heavy (non-hydrogen) atoms. The molecule has 0 unspecified atom stereocenters. The fourth-order valence-corrected chi connectivity index (χ4v) is 2.33. The highest BCUT2D eigenvalue weighted by atomic mass is 79.9. The van der Waals surface area contributed by atoms with Gasteiger partial charge in [0.15, 0.2) is 11.6 Å². The Morgan fingerprint density at radius 1 is 0.826 bits per heavy atom. The molecule has 3 rings (SSSR count). The predicted molar refractivity (Wildman–Crippen MR) is 93.9 cm³/mol. The number of nitrogens with zero attached hydrogens (tertiary/aromatic N) is 2. The monoisotopic (exact) mass is 368 g/mol. The van der Waals surface area contributed by atoms with Crippen molar-refractivity contribution < 1.29 is 4.79 Å². The second-order valence-electron chi connectivity index (χ2n) is 4.73. The number of rotatable bonds is 4. The summed E-state index contributed by atoms with van der Waals surface area (Å²) in [4.78, 5) is 12.0. The SMILES string of the molecule is O=C(Nc1ccc(Nc2ccccc2Br)nn1)c1ccccc1. The van der Waals surface area contributed by atoms with Crippen molar-refractivity contribution in [2.45, 2.75) is 0 Å². The number of anilines is 3. The van der Waals surface area contributed by atoms with E-state index in [0.29, 0.717) is 17.2 Å². The van der Waals surface area contributed by atoms with Gasteiger partial charge in [0.1, 0.15) is 0 Å². The molecule has 6 heteroatoms. The number of carbonyl (C=O) groups excluding carboxylic acids is 1. The van der Waals surface area contributed by atoms with E-state index in [-0.39, 0.29) is 5.91 Å². The number of para-hydroxylation sites is 1. The molecule has 0 fully saturated rings. The summed E-state index contributed by atoms with van der Waals surface area (Å²) in [7, 11) is 0. The van der Waals surface area contributed by atoms with Crippen LogP contribution in [0.25, 0.3) is 0 Å². The minimum absolute atomic E-state index is 0.216. The average molecular weight is 369 g/mol. The topological polar surface area (TPSA) is 66.9 Å². The van der Waals surface area contributed by atoms with Crippen molar-refractivity contribution in [2.24, 2.45) is 0 Å². The Balaban J connectivity index is 1.68. The maximum atomic E-state index is 12.0. The number of benzene rings is 2. The van der Waals surface area contributed by atoms with Gasteiger partial charge in [-0.05, 0) is 52.3 Å². The fourth-order valence-electron chi connectivity index (χ4n) is 1.94. The Labute approximate surface area is 141 Å². The number of aromatic nitrogens is 2. The Morgan fingerprint density at radius 3 is 2.17 bits per heavy atom. The molecule has 0 saturated heterocycles. The minimum Gasteiger partial charge on any atom is -0.338 e. The van der Waals surface area contributed by atoms with Crippen LogP contribution in [0.4, 0.5) is 17.3 Å². The molecular formula is C17H13BrN4O. The van der Waals surface area contributed by atoms with Crippen molar-refractivity contribution in [3.8, 4) is 0 Å². The van der Waals surface area contributed by atoms with Crippen LogP contribution >= 0.6 is 15.9 Å². The molecule has 0 atom stereocenters. The third-order valence-electron chi connectivity index (χ3n) is 3.08. The molecule has 0 aliphatic carbocycles. The second-order valence-corrected chi connectivity index (χ2v) is 5.58. The molecule has 0 spiro atoms. The number of hydrogen-bond acceptors (Lipinski definition) is 4. The van der Waals surface area contributed by atoms with Crippen LogP contribution < -0.4 is 10.6 Å². The summed E-state index contributed by atoms with van der Waals surface area (Å²) in [6, 6.07) is 20.1. The summed E-state index contributed by atoms with van der Waals surface area (Å²) in [5.74, 6) is 0.776. The quantitative estimate of drug-likeness (QED) is 0.722. The largest absolute Gasteiger partial charge is 0.338 e. The number of amides is 1. The van der Waals surface area contributed by atoms with Crippen molar-refractivity contribution in [2.75, 3.05) is 10.6 Å². The van der Waals surface area contributed by atoms with Crippen LogP contribution in [-0.2, 0) is 0 Å². The van der Waals surface area contributed by atoms with Gasteiger partial charge in [-0.25, -0.2) is 0 Å². The first kappa shape index (κ1) is 15.2. The standard InChI is InChI=1S/C17H13BrN4O/c18-13-8-4-5-9-14(13)19-15-10-11-16(22-21-15)20-17(23)12-6-2-1-3-7-12/h1-11H,(H,19,21)(H,20,22,23). The molecule has 5 nitrogen and oxygen atoms in total. The molecule has 2 aromatic carbocycles. The number of carbonyl (C=O) groups is 1. The second kappa shape index (κ2) is 7.02. The molecule has 1 amide bonds. The minimum atomic E-state index is -0.216. The van der Waals surface area contributed by atoms with Crippen LogP contribution in [0.1, 0.15) is 10.4 Å². The smallest absolute Gasteiger partial charge is 0.256 e. The molecule has 0 aliphatic heterocycles. The van der Waals surface area contributed by atoms with Crippen molar-refractivity contribution in [1.29, 1.82) is 0 Å². The Hall–Kier alpha value is -2.73. The summed E-state index contributed by atoms with van der Waals surface area (Å²) in [6.07, 6.45) is 0. The lowest BCUT2D eigenvalue weighted by atomic mass is 10.2. The summed E-state index contributed by atoms with van der Waals surface area (Å²) < 4.78 is 0.934. The lowest BCUT2D eigenvalue weighted by Crippen LogP contribution is -2.13. The molecule has 0 aliphatic rings. The first-order valence-electron chi connectivity index (χ1n) is 6.94. The molecule has 0 bridgehead atoms. The molecule has 2 N–H and O–H groups in total. The Bertz CT molecular complexity index is 806. The van der Waals surface area contributed by atoms with E-state index in [9.17, 15) is 4.79 Å². The fraction of sp³-hybridized carbons (Fsp3) is 0. The van der Waals surface area contributed by atoms with Crippen LogP contribution in [0.3, 0.4) is 0 Å². The van der Waals surface area contributed by atoms with Crippen LogP contribution in [-0.4, -0.2) is 16.1 Å². The van der Waals surface area contributed by atoms with Crippen molar-refractivity contribution in [3.63, 3.8) is 0 Å². The maximum absolute atomic E-state index is 12.0. The number of halogens is 1. The van der Waals surface area contributed by atoms with Crippen LogP contribution in [0.15, 0.2) is 71.2 Å². The zero-order chi connectivity index (χ0) is 16.1. The van der Waals surface area contributed by atoms with Gasteiger partial charge in [0.25, 0.3) is 5.91 Å². The van der Waals surface area contributed by atoms with Crippen LogP contribution in [0.5, 0.6) is 0 Å². The zero-order valence-electron chi connectivity index (χ0n) is 12.0. The molecule has 0 radical (unpaired) electrons. The van der Waals surface area contributed by atoms with Gasteiger partial charge in [0.05, 0.1) is 5.69 Å². The maximum Gasteiger partial charge on any atom is 0.256 e. The van der Waals surface area contributed by atoms with E-state index in [1.165, 1.54) is 0 Å². The molecule has 3 aromatic rings. The van der Waals surface area contributed by atoms with Crippen molar-refractivity contribution in [3.05, 3.63) is 76.8 Å². The van der Waals surface area contributed by atoms with E-state index in [1.54, 1.807) is 24.3 Å². The zero-order valence-corrected chi connectivity index (χ0v) is 13.6. The number of nitrogens with one attached hydrogen (secondary N) is 2. The summed E-state index contributed by atoms with van der Waals surface area (Å²) in [5.41, 5.74) is 1.47. The summed E-state index contributed by atoms with van der Waals surface area (Å²) >= 11 is 3.46. The van der Waals surface area contributed by atoms with Gasteiger partial charge in [-0.2, -0.15) is 0 Å². The van der Waals surface area contributed by atoms with Gasteiger partial charge in [-0.3, -0.25) is 4.79 Å². The first-order chi connectivity index (χ1) is 11.2. The highest BCUT2D eigenvalue weighted by Crippen LogP contribution is 2.24. The molecule has 114 valence electrons. The van der Waals surface area contributed by atoms with Crippen LogP contribution in [0, 0.1) is 0 Å². The predicted octanol–water partition coefficient (Wildman–Crippen LogP) is 4.24. The van der Waals surface area contributed by atoms with Gasteiger partial charge in [0, 0.05) is 10.0 Å². The van der Waals surface area contributed by atoms with E-state index in [2.05, 4.69) is 36.8 Å². The van der Waals surface area contributed by atoms with Gasteiger partial charge >= 0.3 is 0 Å². The lowest BCUT2D eigenvalue weighted by molar-refractivity contribution is 0.102. The molecule has 1 heterocycles. The van der Waals surface area contributed by atoms with E-state index in [1.807, 2.05) is 42.5 Å². The molecule has 1 aromatic heterocycles. The lowest BCUT2D eigenvalue weighted by Gasteiger charge is -2.08. The first-order valence-corrected chi connectivity index (χ1v) is 7.73. The Kier molecular flexibility index (Phi) is 4.63. The van der Waals surface area contributed by atoms with E-state index < -0.39 is 0 Å². The summed E-state index contributed by atoms with van der Waals surface area (Å²) in [5, 5.41) is 13.9. The van der Waals surface area contributed by atoms with Gasteiger partial charge in [0.2, 0.25) is 0 Å². The summed E-state index contributed by atoms with van der Waals surface area (Å²) in [6.45, 7) is 0. The van der Waals surface area contributed by atoms with Gasteiger partial charge in [-0.1, -0.05) is 30.3 Å². The molecular weight excluding hydrogens is 356 g/mol. The Morgan fingerprint density at radius 2 is 1.48 bits per heavy atom. The normalized spacial score (nSPS) is 10.1. The van der Waals surface area contributed by atoms with Crippen LogP contribution in [0.2, 0.25) is 0 Å². The van der Waals surface area contributed by atoms with E-state index >= 15 is 0 Å². The highest BCUT2D eigenvalue weighted by molar-refractivity contribution is 9.10. The third-order valence-corrected chi connectivity index (χ3v) is 3.77. The van der Waals surface area contributed by atoms with E-state index in [4.69, 9.17) is 0 Å². The highest BCUT2D eigenvalue weighted by Gasteiger charge is 2.07. The average Bonchev–Trinajstić information content (AvgIpc) is 2.59. The number of hydrogen-bond donors (Lipinski definition) is 2. The van der Waals surface area contributed by atoms with Gasteiger partial charge < -0.3 is 10.6 Å². The van der Waals surface area contributed by atoms with E-state index in [0.717, 1.165) is 10.2 Å². The van der Waals surface area contributed by atoms with Crippen molar-refractivity contribution in [1.82, 2.24) is 10.2 Å². The van der Waals surface area contributed by atoms with Gasteiger partial charge in [-0.15, -0.1) is 10.2 Å². The molecule has 0 saturated carbocycles.